The van der Waals surface area contributed by atoms with Gasteiger partial charge in [-0.15, -0.1) is 0 Å². The van der Waals surface area contributed by atoms with Crippen molar-refractivity contribution in [2.75, 3.05) is 13.2 Å². The maximum Gasteiger partial charge on any atom is 0.260 e. The molecule has 2 heterocycles. The molecule has 6 nitrogen and oxygen atoms in total. The second-order valence-corrected chi connectivity index (χ2v) is 3.65. The van der Waals surface area contributed by atoms with Crippen molar-refractivity contribution in [3.05, 3.63) is 23.9 Å². The van der Waals surface area contributed by atoms with E-state index in [0.717, 1.165) is 0 Å². The first-order valence-corrected chi connectivity index (χ1v) is 5.39. The summed E-state index contributed by atoms with van der Waals surface area (Å²) in [6.07, 6.45) is 1.40. The molecule has 15 heavy (non-hydrogen) atoms. The fraction of sp³-hybridized carbons (Fsp3) is 0.250. The predicted octanol–water partition coefficient (Wildman–Crippen LogP) is -0.240. The van der Waals surface area contributed by atoms with Crippen molar-refractivity contribution in [2.24, 2.45) is 5.16 Å². The third kappa shape index (κ3) is 2.07. The quantitative estimate of drug-likeness (QED) is 0.707. The topological polar surface area (TPSA) is 77.9 Å². The number of hydrogen-bond donors (Lipinski definition) is 1. The Kier molecular flexibility index (Phi) is 2.82. The van der Waals surface area contributed by atoms with Crippen LogP contribution in [-0.2, 0) is 20.3 Å². The van der Waals surface area contributed by atoms with Gasteiger partial charge in [-0.25, -0.2) is 13.4 Å². The second-order valence-electron chi connectivity index (χ2n) is 2.71. The third-order valence-corrected chi connectivity index (χ3v) is 2.45. The van der Waals surface area contributed by atoms with Gasteiger partial charge >= 0.3 is 0 Å². The molecule has 0 fully saturated rings. The lowest BCUT2D eigenvalue weighted by Crippen LogP contribution is -2.18. The van der Waals surface area contributed by atoms with Gasteiger partial charge in [0.2, 0.25) is 0 Å². The lowest BCUT2D eigenvalue weighted by atomic mass is 10.3. The first kappa shape index (κ1) is 9.91. The molecule has 7 heteroatoms. The fourth-order valence-electron chi connectivity index (χ4n) is 1.14. The van der Waals surface area contributed by atoms with Gasteiger partial charge in [-0.1, -0.05) is 0 Å². The number of oxime groups is 1. The number of ether oxygens (including phenoxy) is 1. The van der Waals surface area contributed by atoms with Crippen LogP contribution in [0.1, 0.15) is 5.56 Å². The summed E-state index contributed by atoms with van der Waals surface area (Å²) in [7, 11) is -2.77. The highest BCUT2D eigenvalue weighted by molar-refractivity contribution is 7.72. The fourth-order valence-corrected chi connectivity index (χ4v) is 1.67. The smallest absolute Gasteiger partial charge is 0.260 e. The Morgan fingerprint density at radius 1 is 1.33 bits per heavy atom. The van der Waals surface area contributed by atoms with E-state index >= 15 is 0 Å². The monoisotopic (exact) mass is 228 g/mol. The van der Waals surface area contributed by atoms with Crippen LogP contribution < -0.4 is 0 Å². The summed E-state index contributed by atoms with van der Waals surface area (Å²) in [6.45, 7) is 0.714. The van der Waals surface area contributed by atoms with Crippen LogP contribution in [0.3, 0.4) is 0 Å². The maximum absolute atomic E-state index is 10.9. The lowest BCUT2D eigenvalue weighted by molar-refractivity contribution is 0.0653. The summed E-state index contributed by atoms with van der Waals surface area (Å²) in [4.78, 5) is 8.55. The number of rotatable bonds is 2. The van der Waals surface area contributed by atoms with Crippen molar-refractivity contribution >= 4 is 16.6 Å². The molecule has 0 amide bonds. The van der Waals surface area contributed by atoms with Crippen LogP contribution >= 0.6 is 0 Å². The molecule has 80 valence electrons. The molecule has 0 aromatic carbocycles. The maximum atomic E-state index is 10.9. The molecule has 1 aliphatic rings. The van der Waals surface area contributed by atoms with Crippen molar-refractivity contribution in [1.29, 1.82) is 0 Å². The molecule has 1 aromatic heterocycles. The van der Waals surface area contributed by atoms with Crippen molar-refractivity contribution in [1.82, 2.24) is 4.98 Å². The Hall–Kier alpha value is -1.63. The summed E-state index contributed by atoms with van der Waals surface area (Å²) < 4.78 is 26.9. The van der Waals surface area contributed by atoms with Crippen LogP contribution in [0, 0.1) is 0 Å². The van der Waals surface area contributed by atoms with Gasteiger partial charge in [0.1, 0.15) is 6.61 Å². The molecule has 0 radical (unpaired) electrons. The summed E-state index contributed by atoms with van der Waals surface area (Å²) in [5.74, 6) is 0.156. The normalized spacial score (nSPS) is 15.4. The second kappa shape index (κ2) is 4.26. The first-order valence-electron chi connectivity index (χ1n) is 4.21. The molecule has 0 unspecified atom stereocenters. The van der Waals surface area contributed by atoms with Crippen molar-refractivity contribution in [3.8, 4) is 0 Å². The molecular formula is C8H8N2O4S. The predicted molar refractivity (Wildman–Crippen MR) is 51.3 cm³/mol. The van der Waals surface area contributed by atoms with Crippen molar-refractivity contribution in [2.45, 2.75) is 5.03 Å². The number of thiol groups is 1. The van der Waals surface area contributed by atoms with E-state index in [1.54, 1.807) is 12.1 Å². The number of aromatic nitrogens is 1. The average Bonchev–Trinajstić information content (AvgIpc) is 2.30. The highest BCUT2D eigenvalue weighted by Gasteiger charge is 2.16. The van der Waals surface area contributed by atoms with E-state index in [1.807, 2.05) is 0 Å². The number of nitrogens with zero attached hydrogens (tertiary/aromatic N) is 2. The van der Waals surface area contributed by atoms with Crippen molar-refractivity contribution < 1.29 is 18.0 Å². The van der Waals surface area contributed by atoms with E-state index in [-0.39, 0.29) is 10.9 Å². The van der Waals surface area contributed by atoms with Gasteiger partial charge in [0.15, 0.2) is 22.3 Å². The third-order valence-electron chi connectivity index (χ3n) is 1.75. The lowest BCUT2D eigenvalue weighted by Gasteiger charge is -2.13. The molecule has 0 spiro atoms. The van der Waals surface area contributed by atoms with Gasteiger partial charge < -0.3 is 9.57 Å². The standard InChI is InChI=1S/C8H8N2O4S/c11-15(12)8-6(2-1-3-9-8)7-10-14-5-4-13-7/h1-3,15H,4-5H2. The Morgan fingerprint density at radius 3 is 2.87 bits per heavy atom. The van der Waals surface area contributed by atoms with Gasteiger partial charge in [-0.3, -0.25) is 0 Å². The average molecular weight is 228 g/mol. The number of pyridine rings is 1. The van der Waals surface area contributed by atoms with Gasteiger partial charge in [0.25, 0.3) is 5.90 Å². The zero-order valence-corrected chi connectivity index (χ0v) is 8.52. The van der Waals surface area contributed by atoms with Gasteiger partial charge in [-0.2, -0.15) is 0 Å². The van der Waals surface area contributed by atoms with Crippen LogP contribution in [0.25, 0.3) is 0 Å². The molecule has 2 rings (SSSR count). The Morgan fingerprint density at radius 2 is 2.20 bits per heavy atom. The molecule has 0 N–H and O–H groups in total. The van der Waals surface area contributed by atoms with E-state index in [4.69, 9.17) is 9.57 Å². The SMILES string of the molecule is O=[SH](=O)c1ncccc1C1=NOCCO1. The van der Waals surface area contributed by atoms with E-state index in [1.165, 1.54) is 6.20 Å². The Balaban J connectivity index is 2.47. The summed E-state index contributed by atoms with van der Waals surface area (Å²) >= 11 is 0. The van der Waals surface area contributed by atoms with Gasteiger partial charge in [0, 0.05) is 6.20 Å². The van der Waals surface area contributed by atoms with Crippen LogP contribution in [-0.4, -0.2) is 32.5 Å². The minimum atomic E-state index is -2.77. The zero-order chi connectivity index (χ0) is 10.7. The largest absolute Gasteiger partial charge is 0.471 e. The molecule has 1 aromatic rings. The summed E-state index contributed by atoms with van der Waals surface area (Å²) in [5, 5.41) is 3.57. The van der Waals surface area contributed by atoms with Crippen molar-refractivity contribution in [3.63, 3.8) is 0 Å². The Bertz CT molecular complexity index is 461. The van der Waals surface area contributed by atoms with Gasteiger partial charge in [0.05, 0.1) is 5.56 Å². The number of hydrogen-bond acceptors (Lipinski definition) is 6. The minimum absolute atomic E-state index is 0.0586. The van der Waals surface area contributed by atoms with E-state index in [2.05, 4.69) is 10.1 Å². The van der Waals surface area contributed by atoms with Crippen LogP contribution in [0.4, 0.5) is 0 Å². The van der Waals surface area contributed by atoms with Crippen LogP contribution in [0.15, 0.2) is 28.5 Å². The summed E-state index contributed by atoms with van der Waals surface area (Å²) in [5.41, 5.74) is 0.327. The minimum Gasteiger partial charge on any atom is -0.471 e. The highest BCUT2D eigenvalue weighted by atomic mass is 32.2. The molecule has 0 aliphatic carbocycles. The molecular weight excluding hydrogens is 220 g/mol. The zero-order valence-electron chi connectivity index (χ0n) is 7.62. The van der Waals surface area contributed by atoms with E-state index in [9.17, 15) is 8.42 Å². The van der Waals surface area contributed by atoms with E-state index < -0.39 is 10.7 Å². The molecule has 0 saturated heterocycles. The molecule has 1 aliphatic heterocycles. The molecule has 0 bridgehead atoms. The Labute approximate surface area is 87.5 Å². The first-order chi connectivity index (χ1) is 7.29. The van der Waals surface area contributed by atoms with Crippen LogP contribution in [0.5, 0.6) is 0 Å². The molecule has 0 saturated carbocycles. The van der Waals surface area contributed by atoms with Crippen LogP contribution in [0.2, 0.25) is 0 Å². The highest BCUT2D eigenvalue weighted by Crippen LogP contribution is 2.11. The summed E-state index contributed by atoms with van der Waals surface area (Å²) in [6, 6.07) is 3.18. The van der Waals surface area contributed by atoms with Gasteiger partial charge in [-0.05, 0) is 17.3 Å². The van der Waals surface area contributed by atoms with E-state index in [0.29, 0.717) is 18.8 Å². The molecule has 0 atom stereocenters.